The van der Waals surface area contributed by atoms with E-state index in [-0.39, 0.29) is 18.4 Å². The molecule has 0 radical (unpaired) electrons. The number of nitrogens with zero attached hydrogens (tertiary/aromatic N) is 1. The Morgan fingerprint density at radius 1 is 1.50 bits per heavy atom. The third-order valence-corrected chi connectivity index (χ3v) is 2.29. The van der Waals surface area contributed by atoms with Crippen molar-refractivity contribution in [3.05, 3.63) is 36.0 Å². The van der Waals surface area contributed by atoms with E-state index in [1.54, 1.807) is 19.2 Å². The van der Waals surface area contributed by atoms with Crippen LogP contribution < -0.4 is 10.6 Å². The van der Waals surface area contributed by atoms with Crippen LogP contribution in [0.15, 0.2) is 29.1 Å². The van der Waals surface area contributed by atoms with Crippen molar-refractivity contribution in [2.75, 3.05) is 11.9 Å². The molecule has 0 aromatic carbocycles. The van der Waals surface area contributed by atoms with Crippen molar-refractivity contribution >= 4 is 17.5 Å². The van der Waals surface area contributed by atoms with E-state index >= 15 is 0 Å². The lowest BCUT2D eigenvalue weighted by Crippen LogP contribution is -2.32. The smallest absolute Gasteiger partial charge is 0.255 e. The Morgan fingerprint density at radius 3 is 2.94 bits per heavy atom. The maximum Gasteiger partial charge on any atom is 0.255 e. The zero-order chi connectivity index (χ0) is 13.0. The van der Waals surface area contributed by atoms with Crippen LogP contribution in [0.4, 0.5) is 5.69 Å². The Bertz CT molecular complexity index is 544. The van der Waals surface area contributed by atoms with E-state index in [0.717, 1.165) is 0 Å². The predicted octanol–water partition coefficient (Wildman–Crippen LogP) is 0.680. The van der Waals surface area contributed by atoms with Gasteiger partial charge in [0.2, 0.25) is 5.91 Å². The van der Waals surface area contributed by atoms with E-state index < -0.39 is 0 Å². The van der Waals surface area contributed by atoms with E-state index in [1.165, 1.54) is 12.5 Å². The number of rotatable bonds is 4. The molecule has 94 valence electrons. The van der Waals surface area contributed by atoms with Crippen molar-refractivity contribution < 1.29 is 14.0 Å². The topological polar surface area (TPSA) is 100 Å². The van der Waals surface area contributed by atoms with Gasteiger partial charge in [-0.2, -0.15) is 5.10 Å². The Kier molecular flexibility index (Phi) is 3.42. The van der Waals surface area contributed by atoms with Gasteiger partial charge in [-0.3, -0.25) is 14.7 Å². The van der Waals surface area contributed by atoms with Crippen LogP contribution in [-0.2, 0) is 4.79 Å². The van der Waals surface area contributed by atoms with Crippen molar-refractivity contribution in [1.29, 1.82) is 0 Å². The number of aromatic nitrogens is 2. The van der Waals surface area contributed by atoms with Crippen LogP contribution in [0, 0.1) is 6.92 Å². The van der Waals surface area contributed by atoms with Crippen LogP contribution in [0.3, 0.4) is 0 Å². The lowest BCUT2D eigenvalue weighted by atomic mass is 10.2. The van der Waals surface area contributed by atoms with Crippen molar-refractivity contribution in [2.24, 2.45) is 0 Å². The Morgan fingerprint density at radius 2 is 2.33 bits per heavy atom. The Balaban J connectivity index is 1.83. The molecule has 0 aliphatic rings. The third-order valence-electron chi connectivity index (χ3n) is 2.29. The summed E-state index contributed by atoms with van der Waals surface area (Å²) < 4.78 is 5.00. The predicted molar refractivity (Wildman–Crippen MR) is 63.0 cm³/mol. The van der Waals surface area contributed by atoms with Gasteiger partial charge in [0.05, 0.1) is 30.3 Å². The van der Waals surface area contributed by atoms with Gasteiger partial charge in [-0.25, -0.2) is 0 Å². The second-order valence-corrected chi connectivity index (χ2v) is 3.61. The summed E-state index contributed by atoms with van der Waals surface area (Å²) in [5.41, 5.74) is 0.972. The molecule has 0 aliphatic carbocycles. The Hall–Kier alpha value is -2.57. The number of aryl methyl sites for hydroxylation is 1. The van der Waals surface area contributed by atoms with Gasteiger partial charge in [0.25, 0.3) is 5.91 Å². The standard InChI is InChI=1S/C11H12N4O3/c1-7-9(2-3-18-7)11(17)12-6-10(16)15-8-4-13-14-5-8/h2-5H,6H2,1H3,(H,12,17)(H,13,14)(H,15,16). The molecule has 2 aromatic heterocycles. The van der Waals surface area contributed by atoms with E-state index in [1.807, 2.05) is 0 Å². The van der Waals surface area contributed by atoms with E-state index in [0.29, 0.717) is 17.0 Å². The molecule has 7 nitrogen and oxygen atoms in total. The fraction of sp³-hybridized carbons (Fsp3) is 0.182. The fourth-order valence-corrected chi connectivity index (χ4v) is 1.40. The molecule has 3 N–H and O–H groups in total. The monoisotopic (exact) mass is 248 g/mol. The summed E-state index contributed by atoms with van der Waals surface area (Å²) in [6, 6.07) is 1.55. The van der Waals surface area contributed by atoms with E-state index in [4.69, 9.17) is 4.42 Å². The highest BCUT2D eigenvalue weighted by Crippen LogP contribution is 2.07. The molecule has 2 aromatic rings. The summed E-state index contributed by atoms with van der Waals surface area (Å²) in [5.74, 6) is -0.155. The highest BCUT2D eigenvalue weighted by molar-refractivity contribution is 5.99. The molecule has 0 saturated carbocycles. The van der Waals surface area contributed by atoms with Crippen molar-refractivity contribution in [1.82, 2.24) is 15.5 Å². The maximum atomic E-state index is 11.7. The van der Waals surface area contributed by atoms with Gasteiger partial charge in [-0.15, -0.1) is 0 Å². The average molecular weight is 248 g/mol. The normalized spacial score (nSPS) is 10.1. The fourth-order valence-electron chi connectivity index (χ4n) is 1.40. The molecule has 2 amide bonds. The highest BCUT2D eigenvalue weighted by Gasteiger charge is 2.12. The average Bonchev–Trinajstić information content (AvgIpc) is 2.97. The molecule has 0 saturated heterocycles. The second-order valence-electron chi connectivity index (χ2n) is 3.61. The first kappa shape index (κ1) is 11.9. The molecule has 2 rings (SSSR count). The summed E-state index contributed by atoms with van der Waals surface area (Å²) in [7, 11) is 0. The van der Waals surface area contributed by atoms with Gasteiger partial charge >= 0.3 is 0 Å². The van der Waals surface area contributed by atoms with Crippen LogP contribution in [0.2, 0.25) is 0 Å². The van der Waals surface area contributed by atoms with Crippen LogP contribution >= 0.6 is 0 Å². The largest absolute Gasteiger partial charge is 0.469 e. The van der Waals surface area contributed by atoms with Gasteiger partial charge in [-0.05, 0) is 13.0 Å². The number of anilines is 1. The van der Waals surface area contributed by atoms with Gasteiger partial charge in [0.15, 0.2) is 0 Å². The van der Waals surface area contributed by atoms with Crippen molar-refractivity contribution in [3.8, 4) is 0 Å². The quantitative estimate of drug-likeness (QED) is 0.740. The summed E-state index contributed by atoms with van der Waals surface area (Å²) >= 11 is 0. The van der Waals surface area contributed by atoms with Gasteiger partial charge in [0, 0.05) is 6.20 Å². The molecule has 18 heavy (non-hydrogen) atoms. The molecular formula is C11H12N4O3. The van der Waals surface area contributed by atoms with Crippen LogP contribution in [0.25, 0.3) is 0 Å². The number of carbonyl (C=O) groups is 2. The highest BCUT2D eigenvalue weighted by atomic mass is 16.3. The van der Waals surface area contributed by atoms with Crippen LogP contribution in [0.1, 0.15) is 16.1 Å². The van der Waals surface area contributed by atoms with E-state index in [2.05, 4.69) is 20.8 Å². The molecule has 2 heterocycles. The minimum atomic E-state index is -0.344. The first-order valence-corrected chi connectivity index (χ1v) is 5.28. The van der Waals surface area contributed by atoms with Crippen LogP contribution in [-0.4, -0.2) is 28.6 Å². The summed E-state index contributed by atoms with van der Waals surface area (Å²) in [6.45, 7) is 1.56. The number of hydrogen-bond donors (Lipinski definition) is 3. The number of carbonyl (C=O) groups excluding carboxylic acids is 2. The molecule has 0 unspecified atom stereocenters. The number of hydrogen-bond acceptors (Lipinski definition) is 4. The molecule has 0 atom stereocenters. The molecule has 7 heteroatoms. The first-order valence-electron chi connectivity index (χ1n) is 5.28. The Labute approximate surface area is 103 Å². The van der Waals surface area contributed by atoms with Crippen LogP contribution in [0.5, 0.6) is 0 Å². The number of H-pyrrole nitrogens is 1. The maximum absolute atomic E-state index is 11.7. The van der Waals surface area contributed by atoms with E-state index in [9.17, 15) is 9.59 Å². The number of furan rings is 1. The number of nitrogens with one attached hydrogen (secondary N) is 3. The summed E-state index contributed by atoms with van der Waals surface area (Å²) in [5, 5.41) is 11.3. The van der Waals surface area contributed by atoms with Gasteiger partial charge in [-0.1, -0.05) is 0 Å². The number of aromatic amines is 1. The first-order chi connectivity index (χ1) is 8.66. The lowest BCUT2D eigenvalue weighted by Gasteiger charge is -2.04. The summed E-state index contributed by atoms with van der Waals surface area (Å²) in [4.78, 5) is 23.1. The lowest BCUT2D eigenvalue weighted by molar-refractivity contribution is -0.115. The molecular weight excluding hydrogens is 236 g/mol. The molecule has 0 fully saturated rings. The number of amides is 2. The minimum absolute atomic E-state index is 0.116. The zero-order valence-corrected chi connectivity index (χ0v) is 9.69. The molecule has 0 aliphatic heterocycles. The van der Waals surface area contributed by atoms with Gasteiger partial charge < -0.3 is 15.1 Å². The molecule has 0 bridgehead atoms. The van der Waals surface area contributed by atoms with Gasteiger partial charge in [0.1, 0.15) is 5.76 Å². The SMILES string of the molecule is Cc1occc1C(=O)NCC(=O)Nc1cn[nH]c1. The summed E-state index contributed by atoms with van der Waals surface area (Å²) in [6.07, 6.45) is 4.44. The second kappa shape index (κ2) is 5.17. The molecule has 0 spiro atoms. The van der Waals surface area contributed by atoms with Crippen molar-refractivity contribution in [3.63, 3.8) is 0 Å². The zero-order valence-electron chi connectivity index (χ0n) is 9.69. The minimum Gasteiger partial charge on any atom is -0.469 e. The third kappa shape index (κ3) is 2.76. The van der Waals surface area contributed by atoms with Crippen molar-refractivity contribution in [2.45, 2.75) is 6.92 Å².